The second kappa shape index (κ2) is 10.3. The Morgan fingerprint density at radius 3 is 2.51 bits per heavy atom. The Labute approximate surface area is 237 Å². The van der Waals surface area contributed by atoms with Crippen molar-refractivity contribution in [3.8, 4) is 0 Å². The van der Waals surface area contributed by atoms with Crippen LogP contribution in [0.3, 0.4) is 0 Å². The van der Waals surface area contributed by atoms with Gasteiger partial charge in [-0.15, -0.1) is 5.10 Å². The molecule has 1 aliphatic carbocycles. The highest BCUT2D eigenvalue weighted by Crippen LogP contribution is 2.36. The normalized spacial score (nSPS) is 16.3. The minimum absolute atomic E-state index is 0.127. The van der Waals surface area contributed by atoms with Crippen LogP contribution in [0.25, 0.3) is 16.6 Å². The van der Waals surface area contributed by atoms with E-state index in [-0.39, 0.29) is 23.8 Å². The number of pyridine rings is 1. The smallest absolute Gasteiger partial charge is 0.410 e. The van der Waals surface area contributed by atoms with Crippen molar-refractivity contribution in [2.75, 3.05) is 23.3 Å². The number of benzene rings is 1. The summed E-state index contributed by atoms with van der Waals surface area (Å²) in [6, 6.07) is 7.17. The van der Waals surface area contributed by atoms with Crippen molar-refractivity contribution in [2.45, 2.75) is 71.1 Å². The predicted molar refractivity (Wildman–Crippen MR) is 154 cm³/mol. The predicted octanol–water partition coefficient (Wildman–Crippen LogP) is 5.35. The van der Waals surface area contributed by atoms with Gasteiger partial charge in [0.2, 0.25) is 0 Å². The Balaban J connectivity index is 1.20. The third-order valence-corrected chi connectivity index (χ3v) is 7.53. The van der Waals surface area contributed by atoms with E-state index in [0.29, 0.717) is 22.5 Å². The molecule has 41 heavy (non-hydrogen) atoms. The fraction of sp³-hybridized carbons (Fsp3) is 0.433. The highest BCUT2D eigenvalue weighted by Gasteiger charge is 2.40. The van der Waals surface area contributed by atoms with E-state index in [1.165, 1.54) is 6.07 Å². The molecule has 214 valence electrons. The average molecular weight is 560 g/mol. The number of anilines is 2. The zero-order valence-electron chi connectivity index (χ0n) is 23.7. The van der Waals surface area contributed by atoms with Gasteiger partial charge >= 0.3 is 6.09 Å². The molecule has 10 nitrogen and oxygen atoms in total. The first-order valence-electron chi connectivity index (χ1n) is 14.0. The van der Waals surface area contributed by atoms with Crippen LogP contribution >= 0.6 is 0 Å². The van der Waals surface area contributed by atoms with Crippen LogP contribution in [0, 0.1) is 12.7 Å². The van der Waals surface area contributed by atoms with Crippen LogP contribution in [0.4, 0.5) is 20.6 Å². The lowest BCUT2D eigenvalue weighted by atomic mass is 10.0. The van der Waals surface area contributed by atoms with Gasteiger partial charge in [-0.05, 0) is 71.6 Å². The van der Waals surface area contributed by atoms with E-state index >= 15 is 0 Å². The van der Waals surface area contributed by atoms with Crippen LogP contribution in [-0.2, 0) is 4.74 Å². The number of imidazole rings is 1. The molecule has 1 saturated carbocycles. The molecule has 0 bridgehead atoms. The summed E-state index contributed by atoms with van der Waals surface area (Å²) in [5.41, 5.74) is 2.44. The Morgan fingerprint density at radius 2 is 1.80 bits per heavy atom. The number of aromatic nitrogens is 4. The molecular formula is C30H34FN7O3. The van der Waals surface area contributed by atoms with Crippen LogP contribution in [-0.4, -0.2) is 67.3 Å². The first-order valence-corrected chi connectivity index (χ1v) is 14.0. The molecule has 1 aliphatic heterocycles. The van der Waals surface area contributed by atoms with Crippen molar-refractivity contribution in [1.29, 1.82) is 0 Å². The standard InChI is InChI=1S/C30H34FN7O3/c1-18-16-37-17-19(15-24(31)27(37)33-18)34-28(39)23-7-8-25(22-9-12-32-35-26(22)23)36-13-10-21(11-14-36)38(20-5-6-20)29(40)41-30(2,3)4/h7-9,12,15-17,20-21H,5-6,10-11,13-14H2,1-4H3,(H,34,39). The molecule has 1 N–H and O–H groups in total. The van der Waals surface area contributed by atoms with Gasteiger partial charge in [-0.3, -0.25) is 4.79 Å². The number of aryl methyl sites for hydroxylation is 1. The summed E-state index contributed by atoms with van der Waals surface area (Å²) in [5.74, 6) is -0.931. The molecule has 0 spiro atoms. The zero-order chi connectivity index (χ0) is 28.9. The number of hydrogen-bond acceptors (Lipinski definition) is 7. The van der Waals surface area contributed by atoms with Crippen molar-refractivity contribution in [2.24, 2.45) is 0 Å². The first kappa shape index (κ1) is 26.9. The van der Waals surface area contributed by atoms with Gasteiger partial charge in [-0.25, -0.2) is 14.2 Å². The van der Waals surface area contributed by atoms with Crippen molar-refractivity contribution in [3.05, 3.63) is 59.9 Å². The third kappa shape index (κ3) is 5.53. The molecule has 11 heteroatoms. The lowest BCUT2D eigenvalue weighted by Gasteiger charge is -2.40. The van der Waals surface area contributed by atoms with Gasteiger partial charge in [0.25, 0.3) is 5.91 Å². The summed E-state index contributed by atoms with van der Waals surface area (Å²) in [6.07, 6.45) is 8.40. The van der Waals surface area contributed by atoms with E-state index in [0.717, 1.165) is 49.8 Å². The number of rotatable bonds is 5. The highest BCUT2D eigenvalue weighted by atomic mass is 19.1. The molecule has 3 aromatic heterocycles. The van der Waals surface area contributed by atoms with Gasteiger partial charge in [-0.2, -0.15) is 5.10 Å². The highest BCUT2D eigenvalue weighted by molar-refractivity contribution is 6.13. The van der Waals surface area contributed by atoms with Crippen LogP contribution in [0.5, 0.6) is 0 Å². The van der Waals surface area contributed by atoms with Crippen molar-refractivity contribution < 1.29 is 18.7 Å². The fourth-order valence-corrected chi connectivity index (χ4v) is 5.62. The maximum Gasteiger partial charge on any atom is 0.410 e. The lowest BCUT2D eigenvalue weighted by Crippen LogP contribution is -2.50. The number of halogens is 1. The van der Waals surface area contributed by atoms with Gasteiger partial charge in [-0.1, -0.05) is 0 Å². The monoisotopic (exact) mass is 559 g/mol. The van der Waals surface area contributed by atoms with E-state index in [9.17, 15) is 14.0 Å². The number of nitrogens with one attached hydrogen (secondary N) is 1. The van der Waals surface area contributed by atoms with E-state index in [4.69, 9.17) is 4.74 Å². The van der Waals surface area contributed by atoms with Gasteiger partial charge in [0.05, 0.1) is 23.1 Å². The SMILES string of the molecule is Cc1cn2cc(NC(=O)c3ccc(N4CCC(N(C(=O)OC(C)(C)C)C5CC5)CC4)c4ccnnc34)cc(F)c2n1. The molecular weight excluding hydrogens is 525 g/mol. The van der Waals surface area contributed by atoms with E-state index in [1.54, 1.807) is 36.0 Å². The van der Waals surface area contributed by atoms with Gasteiger partial charge < -0.3 is 24.3 Å². The lowest BCUT2D eigenvalue weighted by molar-refractivity contribution is 0.0114. The van der Waals surface area contributed by atoms with Crippen molar-refractivity contribution in [1.82, 2.24) is 24.5 Å². The number of nitrogens with zero attached hydrogens (tertiary/aromatic N) is 6. The average Bonchev–Trinajstić information content (AvgIpc) is 3.67. The number of hydrogen-bond donors (Lipinski definition) is 1. The molecule has 0 radical (unpaired) electrons. The van der Waals surface area contributed by atoms with Gasteiger partial charge in [0, 0.05) is 54.7 Å². The second-order valence-corrected chi connectivity index (χ2v) is 11.9. The maximum atomic E-state index is 14.6. The molecule has 2 aliphatic rings. The fourth-order valence-electron chi connectivity index (χ4n) is 5.62. The van der Waals surface area contributed by atoms with E-state index in [1.807, 2.05) is 37.8 Å². The summed E-state index contributed by atoms with van der Waals surface area (Å²) >= 11 is 0. The molecule has 1 aromatic carbocycles. The number of carbonyl (C=O) groups is 2. The van der Waals surface area contributed by atoms with Crippen LogP contribution in [0.2, 0.25) is 0 Å². The number of carbonyl (C=O) groups excluding carboxylic acids is 2. The molecule has 2 fully saturated rings. The number of fused-ring (bicyclic) bond motifs is 2. The Kier molecular flexibility index (Phi) is 6.75. The van der Waals surface area contributed by atoms with Crippen LogP contribution in [0.1, 0.15) is 62.5 Å². The molecule has 0 atom stereocenters. The molecule has 0 unspecified atom stereocenters. The summed E-state index contributed by atoms with van der Waals surface area (Å²) in [6.45, 7) is 8.98. The molecule has 4 heterocycles. The van der Waals surface area contributed by atoms with Crippen molar-refractivity contribution >= 4 is 39.9 Å². The number of ether oxygens (including phenoxy) is 1. The third-order valence-electron chi connectivity index (χ3n) is 7.53. The summed E-state index contributed by atoms with van der Waals surface area (Å²) in [7, 11) is 0. The second-order valence-electron chi connectivity index (χ2n) is 11.9. The Morgan fingerprint density at radius 1 is 1.07 bits per heavy atom. The first-order chi connectivity index (χ1) is 19.6. The largest absolute Gasteiger partial charge is 0.444 e. The summed E-state index contributed by atoms with van der Waals surface area (Å²) in [5, 5.41) is 11.9. The molecule has 4 aromatic rings. The van der Waals surface area contributed by atoms with Crippen molar-refractivity contribution in [3.63, 3.8) is 0 Å². The number of piperidine rings is 1. The van der Waals surface area contributed by atoms with E-state index < -0.39 is 17.3 Å². The molecule has 1 saturated heterocycles. The zero-order valence-corrected chi connectivity index (χ0v) is 23.7. The minimum atomic E-state index is -0.529. The number of amides is 2. The molecule has 6 rings (SSSR count). The minimum Gasteiger partial charge on any atom is -0.444 e. The van der Waals surface area contributed by atoms with Gasteiger partial charge in [0.1, 0.15) is 11.1 Å². The van der Waals surface area contributed by atoms with Crippen LogP contribution < -0.4 is 10.2 Å². The van der Waals surface area contributed by atoms with Crippen LogP contribution in [0.15, 0.2) is 42.9 Å². The maximum absolute atomic E-state index is 14.6. The van der Waals surface area contributed by atoms with Gasteiger partial charge in [0.15, 0.2) is 11.5 Å². The summed E-state index contributed by atoms with van der Waals surface area (Å²) in [4.78, 5) is 34.7. The molecule has 2 amide bonds. The Bertz CT molecular complexity index is 1630. The quantitative estimate of drug-likeness (QED) is 0.352. The Hall–Kier alpha value is -4.28. The van der Waals surface area contributed by atoms with E-state index in [2.05, 4.69) is 25.4 Å². The summed E-state index contributed by atoms with van der Waals surface area (Å²) < 4.78 is 21.9. The topological polar surface area (TPSA) is 105 Å².